The van der Waals surface area contributed by atoms with Crippen LogP contribution in [0.3, 0.4) is 0 Å². The number of nitrogens with two attached hydrogens (primary N) is 1. The number of hydrogen-bond donors (Lipinski definition) is 2. The molecule has 0 saturated carbocycles. The van der Waals surface area contributed by atoms with Gasteiger partial charge in [-0.2, -0.15) is 13.2 Å². The lowest BCUT2D eigenvalue weighted by molar-refractivity contribution is -0.136. The fourth-order valence-corrected chi connectivity index (χ4v) is 1.57. The van der Waals surface area contributed by atoms with Gasteiger partial charge in [0, 0.05) is 17.4 Å². The van der Waals surface area contributed by atoms with Gasteiger partial charge in [0.15, 0.2) is 0 Å². The van der Waals surface area contributed by atoms with Crippen molar-refractivity contribution in [2.24, 2.45) is 0 Å². The first kappa shape index (κ1) is 13.9. The van der Waals surface area contributed by atoms with Crippen molar-refractivity contribution < 1.29 is 18.0 Å². The lowest BCUT2D eigenvalue weighted by atomic mass is 10.1. The van der Waals surface area contributed by atoms with Gasteiger partial charge >= 0.3 is 6.18 Å². The minimum atomic E-state index is -4.61. The fourth-order valence-electron chi connectivity index (χ4n) is 1.57. The third-order valence-electron chi connectivity index (χ3n) is 2.53. The zero-order valence-electron chi connectivity index (χ0n) is 10.1. The van der Waals surface area contributed by atoms with Gasteiger partial charge in [-0.3, -0.25) is 4.79 Å². The molecule has 0 spiro atoms. The van der Waals surface area contributed by atoms with E-state index < -0.39 is 23.3 Å². The highest BCUT2D eigenvalue weighted by molar-refractivity contribution is 6.04. The van der Waals surface area contributed by atoms with E-state index in [1.165, 1.54) is 18.3 Å². The number of nitrogens with zero attached hydrogens (tertiary/aromatic N) is 1. The Balaban J connectivity index is 2.27. The zero-order chi connectivity index (χ0) is 14.8. The van der Waals surface area contributed by atoms with Crippen molar-refractivity contribution in [2.45, 2.75) is 6.18 Å². The molecule has 0 unspecified atom stereocenters. The Morgan fingerprint density at radius 3 is 2.55 bits per heavy atom. The molecule has 1 amide bonds. The number of alkyl halides is 3. The highest BCUT2D eigenvalue weighted by atomic mass is 19.4. The highest BCUT2D eigenvalue weighted by Gasteiger charge is 2.33. The Kier molecular flexibility index (Phi) is 3.60. The van der Waals surface area contributed by atoms with Crippen LogP contribution in [0.25, 0.3) is 0 Å². The standard InChI is InChI=1S/C13H10F3N3O/c14-13(15,16)9-7-8(4-5-10(9)17)12(20)19-11-3-1-2-6-18-11/h1-7H,17H2,(H,18,19,20). The Morgan fingerprint density at radius 2 is 1.95 bits per heavy atom. The van der Waals surface area contributed by atoms with Gasteiger partial charge in [-0.05, 0) is 30.3 Å². The van der Waals surface area contributed by atoms with Crippen LogP contribution in [0.15, 0.2) is 42.6 Å². The summed E-state index contributed by atoms with van der Waals surface area (Å²) in [4.78, 5) is 15.7. The third-order valence-corrected chi connectivity index (χ3v) is 2.53. The van der Waals surface area contributed by atoms with Gasteiger partial charge < -0.3 is 11.1 Å². The maximum Gasteiger partial charge on any atom is 0.418 e. The first-order chi connectivity index (χ1) is 9.38. The molecule has 0 aliphatic carbocycles. The predicted molar refractivity (Wildman–Crippen MR) is 68.0 cm³/mol. The molecule has 2 aromatic rings. The SMILES string of the molecule is Nc1ccc(C(=O)Nc2ccccn2)cc1C(F)(F)F. The normalized spacial score (nSPS) is 11.2. The Bertz CT molecular complexity index is 627. The van der Waals surface area contributed by atoms with Crippen LogP contribution >= 0.6 is 0 Å². The van der Waals surface area contributed by atoms with Crippen LogP contribution < -0.4 is 11.1 Å². The second-order valence-electron chi connectivity index (χ2n) is 3.97. The van der Waals surface area contributed by atoms with Gasteiger partial charge in [-0.15, -0.1) is 0 Å². The first-order valence-corrected chi connectivity index (χ1v) is 5.57. The van der Waals surface area contributed by atoms with E-state index in [-0.39, 0.29) is 11.4 Å². The molecular weight excluding hydrogens is 271 g/mol. The van der Waals surface area contributed by atoms with Gasteiger partial charge in [0.25, 0.3) is 5.91 Å². The molecule has 7 heteroatoms. The van der Waals surface area contributed by atoms with Gasteiger partial charge in [0.2, 0.25) is 0 Å². The second-order valence-corrected chi connectivity index (χ2v) is 3.97. The van der Waals surface area contributed by atoms with Crippen LogP contribution in [0.1, 0.15) is 15.9 Å². The molecule has 104 valence electrons. The summed E-state index contributed by atoms with van der Waals surface area (Å²) in [6.07, 6.45) is -3.15. The molecular formula is C13H10F3N3O. The molecule has 1 aromatic carbocycles. The lowest BCUT2D eigenvalue weighted by Crippen LogP contribution is -2.15. The van der Waals surface area contributed by atoms with E-state index in [4.69, 9.17) is 5.73 Å². The van der Waals surface area contributed by atoms with Gasteiger partial charge in [0.05, 0.1) is 5.56 Å². The third kappa shape index (κ3) is 3.05. The molecule has 0 aliphatic rings. The van der Waals surface area contributed by atoms with Crippen LogP contribution in [0.4, 0.5) is 24.7 Å². The summed E-state index contributed by atoms with van der Waals surface area (Å²) < 4.78 is 38.1. The first-order valence-electron chi connectivity index (χ1n) is 5.57. The number of rotatable bonds is 2. The zero-order valence-corrected chi connectivity index (χ0v) is 10.1. The predicted octanol–water partition coefficient (Wildman–Crippen LogP) is 2.93. The van der Waals surface area contributed by atoms with Crippen LogP contribution in [-0.4, -0.2) is 10.9 Å². The molecule has 0 saturated heterocycles. The number of nitrogen functional groups attached to an aromatic ring is 1. The monoisotopic (exact) mass is 281 g/mol. The van der Waals surface area contributed by atoms with Crippen LogP contribution in [0.5, 0.6) is 0 Å². The molecule has 4 nitrogen and oxygen atoms in total. The van der Waals surface area contributed by atoms with Gasteiger partial charge in [-0.1, -0.05) is 6.07 Å². The number of benzene rings is 1. The van der Waals surface area contributed by atoms with Crippen LogP contribution in [0.2, 0.25) is 0 Å². The Hall–Kier alpha value is -2.57. The molecule has 0 aliphatic heterocycles. The molecule has 0 radical (unpaired) electrons. The average molecular weight is 281 g/mol. The van der Waals surface area contributed by atoms with E-state index in [0.717, 1.165) is 6.07 Å². The molecule has 20 heavy (non-hydrogen) atoms. The van der Waals surface area contributed by atoms with Crippen molar-refractivity contribution in [1.82, 2.24) is 4.98 Å². The smallest absolute Gasteiger partial charge is 0.398 e. The number of halogens is 3. The van der Waals surface area contributed by atoms with Gasteiger partial charge in [-0.25, -0.2) is 4.98 Å². The fraction of sp³-hybridized carbons (Fsp3) is 0.0769. The topological polar surface area (TPSA) is 68.0 Å². The lowest BCUT2D eigenvalue weighted by Gasteiger charge is -2.11. The summed E-state index contributed by atoms with van der Waals surface area (Å²) in [5.41, 5.74) is 3.66. The highest BCUT2D eigenvalue weighted by Crippen LogP contribution is 2.34. The van der Waals surface area contributed by atoms with E-state index >= 15 is 0 Å². The van der Waals surface area contributed by atoms with Crippen molar-refractivity contribution in [1.29, 1.82) is 0 Å². The van der Waals surface area contributed by atoms with Crippen molar-refractivity contribution in [3.63, 3.8) is 0 Å². The Morgan fingerprint density at radius 1 is 1.20 bits per heavy atom. The van der Waals surface area contributed by atoms with E-state index in [0.29, 0.717) is 6.07 Å². The molecule has 3 N–H and O–H groups in total. The molecule has 0 fully saturated rings. The summed E-state index contributed by atoms with van der Waals surface area (Å²) in [5, 5.41) is 2.40. The summed E-state index contributed by atoms with van der Waals surface area (Å²) >= 11 is 0. The van der Waals surface area contributed by atoms with Crippen molar-refractivity contribution >= 4 is 17.4 Å². The van der Waals surface area contributed by atoms with E-state index in [1.807, 2.05) is 0 Å². The molecule has 1 aromatic heterocycles. The van der Waals surface area contributed by atoms with E-state index in [9.17, 15) is 18.0 Å². The van der Waals surface area contributed by atoms with Crippen LogP contribution in [-0.2, 0) is 6.18 Å². The number of anilines is 2. The summed E-state index contributed by atoms with van der Waals surface area (Å²) in [7, 11) is 0. The van der Waals surface area contributed by atoms with Crippen LogP contribution in [0, 0.1) is 0 Å². The summed E-state index contributed by atoms with van der Waals surface area (Å²) in [6, 6.07) is 7.82. The minimum absolute atomic E-state index is 0.142. The number of hydrogen-bond acceptors (Lipinski definition) is 3. The number of aromatic nitrogens is 1. The molecule has 0 atom stereocenters. The minimum Gasteiger partial charge on any atom is -0.398 e. The van der Waals surface area contributed by atoms with E-state index in [2.05, 4.69) is 10.3 Å². The maximum absolute atomic E-state index is 12.7. The van der Waals surface area contributed by atoms with Gasteiger partial charge in [0.1, 0.15) is 5.82 Å². The van der Waals surface area contributed by atoms with Crippen molar-refractivity contribution in [3.8, 4) is 0 Å². The molecule has 2 rings (SSSR count). The second kappa shape index (κ2) is 5.20. The number of nitrogens with one attached hydrogen (secondary N) is 1. The number of carbonyl (C=O) groups is 1. The number of amides is 1. The van der Waals surface area contributed by atoms with Crippen molar-refractivity contribution in [2.75, 3.05) is 11.1 Å². The number of pyridine rings is 1. The average Bonchev–Trinajstić information content (AvgIpc) is 2.39. The van der Waals surface area contributed by atoms with Crippen molar-refractivity contribution in [3.05, 3.63) is 53.7 Å². The maximum atomic E-state index is 12.7. The van der Waals surface area contributed by atoms with E-state index in [1.54, 1.807) is 12.1 Å². The quantitative estimate of drug-likeness (QED) is 0.832. The summed E-state index contributed by atoms with van der Waals surface area (Å²) in [5.74, 6) is -0.433. The molecule has 0 bridgehead atoms. The largest absolute Gasteiger partial charge is 0.418 e. The summed E-state index contributed by atoms with van der Waals surface area (Å²) in [6.45, 7) is 0. The Labute approximate surface area is 112 Å². The number of carbonyl (C=O) groups excluding carboxylic acids is 1. The molecule has 1 heterocycles.